The number of sulfonamides is 1. The van der Waals surface area contributed by atoms with Crippen molar-refractivity contribution < 1.29 is 22.8 Å². The molecule has 3 aromatic rings. The first-order chi connectivity index (χ1) is 16.1. The third-order valence-corrected chi connectivity index (χ3v) is 6.18. The van der Waals surface area contributed by atoms with Crippen molar-refractivity contribution in [2.45, 2.75) is 18.4 Å². The summed E-state index contributed by atoms with van der Waals surface area (Å²) in [5, 5.41) is 14.3. The first kappa shape index (κ1) is 24.5. The average molecular weight is 487 g/mol. The van der Waals surface area contributed by atoms with E-state index in [-0.39, 0.29) is 17.3 Å². The van der Waals surface area contributed by atoms with Crippen LogP contribution in [0.25, 0.3) is 11.4 Å². The second kappa shape index (κ2) is 10.6. The van der Waals surface area contributed by atoms with Gasteiger partial charge in [-0.05, 0) is 29.5 Å². The summed E-state index contributed by atoms with van der Waals surface area (Å²) in [5.41, 5.74) is 5.49. The van der Waals surface area contributed by atoms with E-state index in [1.54, 1.807) is 12.1 Å². The number of nitrogens with one attached hydrogen (secondary N) is 3. The lowest BCUT2D eigenvalue weighted by atomic mass is 10.2. The van der Waals surface area contributed by atoms with Crippen molar-refractivity contribution in [1.29, 1.82) is 0 Å². The SMILES string of the molecule is CC(=O)Nc1ccc(S(=O)(=O)N(C)CC(=O)NNC(=O)Cn2nnc(-c3ccccc3)n2)cc1. The van der Waals surface area contributed by atoms with Gasteiger partial charge in [0.2, 0.25) is 21.8 Å². The molecule has 3 amide bonds. The van der Waals surface area contributed by atoms with Gasteiger partial charge in [0, 0.05) is 25.2 Å². The molecule has 0 aliphatic rings. The van der Waals surface area contributed by atoms with Crippen LogP contribution in [0.3, 0.4) is 0 Å². The van der Waals surface area contributed by atoms with Crippen molar-refractivity contribution in [3.8, 4) is 11.4 Å². The fourth-order valence-corrected chi connectivity index (χ4v) is 3.87. The molecule has 0 aliphatic carbocycles. The molecular formula is C20H22N8O5S. The molecule has 1 aromatic heterocycles. The van der Waals surface area contributed by atoms with E-state index < -0.39 is 28.4 Å². The van der Waals surface area contributed by atoms with Crippen molar-refractivity contribution in [2.24, 2.45) is 0 Å². The number of benzene rings is 2. The fourth-order valence-electron chi connectivity index (χ4n) is 2.74. The van der Waals surface area contributed by atoms with Crippen LogP contribution in [0.5, 0.6) is 0 Å². The molecule has 2 aromatic carbocycles. The number of carbonyl (C=O) groups excluding carboxylic acids is 3. The largest absolute Gasteiger partial charge is 0.326 e. The molecular weight excluding hydrogens is 464 g/mol. The molecule has 0 fully saturated rings. The lowest BCUT2D eigenvalue weighted by Gasteiger charge is -2.17. The molecule has 3 rings (SSSR count). The summed E-state index contributed by atoms with van der Waals surface area (Å²) in [7, 11) is -2.75. The maximum Gasteiger partial charge on any atom is 0.262 e. The second-order valence-corrected chi connectivity index (χ2v) is 9.12. The Kier molecular flexibility index (Phi) is 7.65. The van der Waals surface area contributed by atoms with E-state index in [1.807, 2.05) is 18.2 Å². The van der Waals surface area contributed by atoms with Gasteiger partial charge in [0.25, 0.3) is 11.8 Å². The van der Waals surface area contributed by atoms with Crippen molar-refractivity contribution in [3.05, 3.63) is 54.6 Å². The summed E-state index contributed by atoms with van der Waals surface area (Å²) < 4.78 is 26.1. The quantitative estimate of drug-likeness (QED) is 0.367. The molecule has 0 saturated carbocycles. The van der Waals surface area contributed by atoms with Gasteiger partial charge >= 0.3 is 0 Å². The summed E-state index contributed by atoms with van der Waals surface area (Å²) in [6.07, 6.45) is 0. The van der Waals surface area contributed by atoms with E-state index in [4.69, 9.17) is 0 Å². The Labute approximate surface area is 195 Å². The Balaban J connectivity index is 1.49. The van der Waals surface area contributed by atoms with Crippen LogP contribution in [0, 0.1) is 0 Å². The summed E-state index contributed by atoms with van der Waals surface area (Å²) in [6.45, 7) is 0.477. The summed E-state index contributed by atoms with van der Waals surface area (Å²) in [5.74, 6) is -1.34. The highest BCUT2D eigenvalue weighted by molar-refractivity contribution is 7.89. The Hall–Kier alpha value is -4.17. The highest BCUT2D eigenvalue weighted by Crippen LogP contribution is 2.17. The van der Waals surface area contributed by atoms with Crippen molar-refractivity contribution in [1.82, 2.24) is 35.4 Å². The van der Waals surface area contributed by atoms with E-state index in [2.05, 4.69) is 31.6 Å². The minimum atomic E-state index is -3.98. The van der Waals surface area contributed by atoms with Crippen LogP contribution in [0.1, 0.15) is 6.92 Å². The predicted octanol–water partition coefficient (Wildman–Crippen LogP) is -0.233. The van der Waals surface area contributed by atoms with Gasteiger partial charge in [0.05, 0.1) is 11.4 Å². The summed E-state index contributed by atoms with van der Waals surface area (Å²) >= 11 is 0. The number of aromatic nitrogens is 4. The number of tetrazole rings is 1. The van der Waals surface area contributed by atoms with Gasteiger partial charge in [-0.2, -0.15) is 9.10 Å². The molecule has 0 spiro atoms. The van der Waals surface area contributed by atoms with Gasteiger partial charge in [-0.1, -0.05) is 30.3 Å². The van der Waals surface area contributed by atoms with E-state index in [0.29, 0.717) is 11.5 Å². The Morgan fingerprint density at radius 3 is 2.26 bits per heavy atom. The zero-order chi connectivity index (χ0) is 24.7. The van der Waals surface area contributed by atoms with Crippen LogP contribution >= 0.6 is 0 Å². The molecule has 0 aliphatic heterocycles. The Morgan fingerprint density at radius 2 is 1.62 bits per heavy atom. The van der Waals surface area contributed by atoms with E-state index in [1.165, 1.54) is 38.2 Å². The topological polar surface area (TPSA) is 168 Å². The number of rotatable bonds is 8. The van der Waals surface area contributed by atoms with E-state index >= 15 is 0 Å². The van der Waals surface area contributed by atoms with Crippen LogP contribution in [0.15, 0.2) is 59.5 Å². The van der Waals surface area contributed by atoms with Gasteiger partial charge in [0.1, 0.15) is 6.54 Å². The minimum Gasteiger partial charge on any atom is -0.326 e. The average Bonchev–Trinajstić information content (AvgIpc) is 3.26. The number of hydrazine groups is 1. The Morgan fingerprint density at radius 1 is 0.971 bits per heavy atom. The van der Waals surface area contributed by atoms with Crippen LogP contribution in [-0.2, 0) is 31.0 Å². The first-order valence-corrected chi connectivity index (χ1v) is 11.3. The maximum absolute atomic E-state index is 12.6. The molecule has 3 N–H and O–H groups in total. The monoisotopic (exact) mass is 486 g/mol. The smallest absolute Gasteiger partial charge is 0.262 e. The van der Waals surface area contributed by atoms with Gasteiger partial charge in [0.15, 0.2) is 0 Å². The number of likely N-dealkylation sites (N-methyl/N-ethyl adjacent to an activating group) is 1. The molecule has 14 heteroatoms. The molecule has 0 saturated heterocycles. The number of carbonyl (C=O) groups is 3. The van der Waals surface area contributed by atoms with E-state index in [9.17, 15) is 22.8 Å². The number of hydrogen-bond donors (Lipinski definition) is 3. The lowest BCUT2D eigenvalue weighted by Crippen LogP contribution is -2.47. The summed E-state index contributed by atoms with van der Waals surface area (Å²) in [6, 6.07) is 14.6. The van der Waals surface area contributed by atoms with Crippen LogP contribution in [0.4, 0.5) is 5.69 Å². The molecule has 0 atom stereocenters. The Bertz CT molecular complexity index is 1280. The van der Waals surface area contributed by atoms with Crippen molar-refractivity contribution in [3.63, 3.8) is 0 Å². The third kappa shape index (κ3) is 6.43. The standard InChI is InChI=1S/C20H22N8O5S/c1-14(29)21-16-8-10-17(11-9-16)34(32,33)27(2)12-18(30)22-23-19(31)13-28-25-20(24-26-28)15-6-4-3-5-7-15/h3-11H,12-13H2,1-2H3,(H,21,29)(H,22,30)(H,23,31). The molecule has 0 radical (unpaired) electrons. The lowest BCUT2D eigenvalue weighted by molar-refractivity contribution is -0.129. The number of amides is 3. The number of anilines is 1. The van der Waals surface area contributed by atoms with E-state index in [0.717, 1.165) is 14.7 Å². The second-order valence-electron chi connectivity index (χ2n) is 7.07. The first-order valence-electron chi connectivity index (χ1n) is 9.90. The summed E-state index contributed by atoms with van der Waals surface area (Å²) in [4.78, 5) is 36.3. The minimum absolute atomic E-state index is 0.0626. The highest BCUT2D eigenvalue weighted by Gasteiger charge is 2.23. The maximum atomic E-state index is 12.6. The third-order valence-electron chi connectivity index (χ3n) is 4.36. The predicted molar refractivity (Wildman–Crippen MR) is 120 cm³/mol. The van der Waals surface area contributed by atoms with Gasteiger partial charge in [-0.25, -0.2) is 8.42 Å². The van der Waals surface area contributed by atoms with Crippen LogP contribution in [-0.4, -0.2) is 64.2 Å². The van der Waals surface area contributed by atoms with Gasteiger partial charge < -0.3 is 5.32 Å². The number of hydrogen-bond acceptors (Lipinski definition) is 8. The fraction of sp³-hybridized carbons (Fsp3) is 0.200. The van der Waals surface area contributed by atoms with Crippen LogP contribution in [0.2, 0.25) is 0 Å². The highest BCUT2D eigenvalue weighted by atomic mass is 32.2. The normalized spacial score (nSPS) is 11.1. The zero-order valence-corrected chi connectivity index (χ0v) is 19.1. The molecule has 0 unspecified atom stereocenters. The van der Waals surface area contributed by atoms with Crippen molar-refractivity contribution in [2.75, 3.05) is 18.9 Å². The van der Waals surface area contributed by atoms with Crippen molar-refractivity contribution >= 4 is 33.4 Å². The molecule has 178 valence electrons. The van der Waals surface area contributed by atoms with Crippen LogP contribution < -0.4 is 16.2 Å². The van der Waals surface area contributed by atoms with Gasteiger partial charge in [-0.3, -0.25) is 25.2 Å². The molecule has 13 nitrogen and oxygen atoms in total. The molecule has 34 heavy (non-hydrogen) atoms. The zero-order valence-electron chi connectivity index (χ0n) is 18.3. The van der Waals surface area contributed by atoms with Gasteiger partial charge in [-0.15, -0.1) is 10.2 Å². The molecule has 0 bridgehead atoms. The molecule has 1 heterocycles. The number of nitrogens with zero attached hydrogens (tertiary/aromatic N) is 5.